The number of rotatable bonds is 5. The molecule has 12 heavy (non-hydrogen) atoms. The van der Waals surface area contributed by atoms with E-state index in [9.17, 15) is 0 Å². The van der Waals surface area contributed by atoms with Crippen molar-refractivity contribution in [2.24, 2.45) is 11.8 Å². The molecule has 70 valence electrons. The lowest BCUT2D eigenvalue weighted by molar-refractivity contribution is 0.00362. The van der Waals surface area contributed by atoms with Crippen molar-refractivity contribution in [3.8, 4) is 0 Å². The molecule has 0 bridgehead atoms. The highest BCUT2D eigenvalue weighted by Crippen LogP contribution is 2.33. The van der Waals surface area contributed by atoms with Gasteiger partial charge in [-0.2, -0.15) is 0 Å². The molecule has 1 saturated heterocycles. The summed E-state index contributed by atoms with van der Waals surface area (Å²) in [6, 6.07) is 0. The molecule has 0 aromatic heterocycles. The monoisotopic (exact) mass is 172 g/mol. The Hall–Kier alpha value is -0.120. The quantitative estimate of drug-likeness (QED) is 0.611. The van der Waals surface area contributed by atoms with Crippen molar-refractivity contribution in [3.05, 3.63) is 0 Å². The zero-order chi connectivity index (χ0) is 8.39. The van der Waals surface area contributed by atoms with Crippen LogP contribution in [-0.4, -0.2) is 37.6 Å². The zero-order valence-corrected chi connectivity index (χ0v) is 7.24. The summed E-state index contributed by atoms with van der Waals surface area (Å²) < 4.78 is 10.5. The van der Waals surface area contributed by atoms with Crippen molar-refractivity contribution < 1.29 is 14.6 Å². The average Bonchev–Trinajstić information content (AvgIpc) is 2.80. The van der Waals surface area contributed by atoms with Crippen LogP contribution in [0.15, 0.2) is 0 Å². The lowest BCUT2D eigenvalue weighted by Crippen LogP contribution is -2.32. The molecule has 2 fully saturated rings. The van der Waals surface area contributed by atoms with Crippen molar-refractivity contribution in [2.75, 3.05) is 26.4 Å². The summed E-state index contributed by atoms with van der Waals surface area (Å²) in [5.41, 5.74) is 0. The van der Waals surface area contributed by atoms with Gasteiger partial charge in [0.15, 0.2) is 0 Å². The highest BCUT2D eigenvalue weighted by atomic mass is 16.6. The van der Waals surface area contributed by atoms with Gasteiger partial charge >= 0.3 is 0 Å². The van der Waals surface area contributed by atoms with Crippen LogP contribution in [-0.2, 0) is 9.47 Å². The standard InChI is InChI=1S/C9H16O3/c10-3-7-1-2-8(7)4-11-5-9-6-12-9/h7-10H,1-6H2. The van der Waals surface area contributed by atoms with Crippen LogP contribution < -0.4 is 0 Å². The van der Waals surface area contributed by atoms with E-state index in [0.29, 0.717) is 24.5 Å². The minimum absolute atomic E-state index is 0.327. The Kier molecular flexibility index (Phi) is 2.63. The lowest BCUT2D eigenvalue weighted by Gasteiger charge is -2.34. The van der Waals surface area contributed by atoms with E-state index in [1.165, 1.54) is 12.8 Å². The third kappa shape index (κ3) is 1.97. The molecular weight excluding hydrogens is 156 g/mol. The number of hydrogen-bond donors (Lipinski definition) is 1. The van der Waals surface area contributed by atoms with Gasteiger partial charge in [0.2, 0.25) is 0 Å². The maximum Gasteiger partial charge on any atom is 0.104 e. The summed E-state index contributed by atoms with van der Waals surface area (Å²) >= 11 is 0. The summed E-state index contributed by atoms with van der Waals surface area (Å²) in [6.07, 6.45) is 2.76. The molecule has 1 aliphatic carbocycles. The third-order valence-electron chi connectivity index (χ3n) is 2.85. The van der Waals surface area contributed by atoms with Gasteiger partial charge in [0.25, 0.3) is 0 Å². The summed E-state index contributed by atoms with van der Waals surface area (Å²) in [5, 5.41) is 8.90. The fraction of sp³-hybridized carbons (Fsp3) is 1.00. The third-order valence-corrected chi connectivity index (χ3v) is 2.85. The molecule has 3 unspecified atom stereocenters. The average molecular weight is 172 g/mol. The fourth-order valence-electron chi connectivity index (χ4n) is 1.61. The second kappa shape index (κ2) is 3.73. The molecule has 1 N–H and O–H groups in total. The van der Waals surface area contributed by atoms with Crippen molar-refractivity contribution in [1.82, 2.24) is 0 Å². The molecule has 0 aromatic rings. The van der Waals surface area contributed by atoms with Crippen LogP contribution in [0.2, 0.25) is 0 Å². The van der Waals surface area contributed by atoms with Gasteiger partial charge in [-0.15, -0.1) is 0 Å². The molecule has 3 heteroatoms. The van der Waals surface area contributed by atoms with E-state index in [0.717, 1.165) is 19.8 Å². The summed E-state index contributed by atoms with van der Waals surface area (Å²) in [5.74, 6) is 1.11. The molecule has 0 spiro atoms. The minimum atomic E-state index is 0.327. The molecule has 3 atom stereocenters. The van der Waals surface area contributed by atoms with Gasteiger partial charge in [0.1, 0.15) is 6.10 Å². The van der Waals surface area contributed by atoms with Gasteiger partial charge in [-0.05, 0) is 24.7 Å². The largest absolute Gasteiger partial charge is 0.396 e. The molecule has 3 nitrogen and oxygen atoms in total. The van der Waals surface area contributed by atoms with E-state index < -0.39 is 0 Å². The molecule has 0 radical (unpaired) electrons. The number of epoxide rings is 1. The Morgan fingerprint density at radius 2 is 2.00 bits per heavy atom. The van der Waals surface area contributed by atoms with Crippen LogP contribution in [0, 0.1) is 11.8 Å². The molecule has 1 saturated carbocycles. The van der Waals surface area contributed by atoms with Gasteiger partial charge in [0.05, 0.1) is 13.2 Å². The molecule has 1 aliphatic heterocycles. The number of ether oxygens (including phenoxy) is 2. The molecule has 0 amide bonds. The van der Waals surface area contributed by atoms with Gasteiger partial charge in [-0.1, -0.05) is 0 Å². The van der Waals surface area contributed by atoms with Gasteiger partial charge in [-0.25, -0.2) is 0 Å². The second-order valence-electron chi connectivity index (χ2n) is 3.77. The number of hydrogen-bond acceptors (Lipinski definition) is 3. The van der Waals surface area contributed by atoms with E-state index in [4.69, 9.17) is 14.6 Å². The maximum absolute atomic E-state index is 8.90. The van der Waals surface area contributed by atoms with Crippen molar-refractivity contribution in [1.29, 1.82) is 0 Å². The molecule has 1 heterocycles. The predicted octanol–water partition coefficient (Wildman–Crippen LogP) is 0.420. The maximum atomic E-state index is 8.90. The fourth-order valence-corrected chi connectivity index (χ4v) is 1.61. The first kappa shape index (κ1) is 8.48. The van der Waals surface area contributed by atoms with Crippen molar-refractivity contribution in [3.63, 3.8) is 0 Å². The first-order valence-electron chi connectivity index (χ1n) is 4.70. The number of aliphatic hydroxyl groups is 1. The topological polar surface area (TPSA) is 42.0 Å². The smallest absolute Gasteiger partial charge is 0.104 e. The normalized spacial score (nSPS) is 39.2. The Morgan fingerprint density at radius 3 is 2.50 bits per heavy atom. The molecule has 2 aliphatic rings. The zero-order valence-electron chi connectivity index (χ0n) is 7.24. The number of aliphatic hydroxyl groups excluding tert-OH is 1. The van der Waals surface area contributed by atoms with E-state index in [-0.39, 0.29) is 0 Å². The Morgan fingerprint density at radius 1 is 1.25 bits per heavy atom. The molecule has 0 aromatic carbocycles. The van der Waals surface area contributed by atoms with Crippen LogP contribution in [0.5, 0.6) is 0 Å². The Labute approximate surface area is 72.7 Å². The van der Waals surface area contributed by atoms with Gasteiger partial charge < -0.3 is 14.6 Å². The van der Waals surface area contributed by atoms with Crippen LogP contribution >= 0.6 is 0 Å². The van der Waals surface area contributed by atoms with Crippen LogP contribution in [0.3, 0.4) is 0 Å². The highest BCUT2D eigenvalue weighted by Gasteiger charge is 2.31. The Balaban J connectivity index is 1.53. The Bertz CT molecular complexity index is 143. The van der Waals surface area contributed by atoms with Gasteiger partial charge in [-0.3, -0.25) is 0 Å². The lowest BCUT2D eigenvalue weighted by atomic mass is 9.75. The molecule has 2 rings (SSSR count). The predicted molar refractivity (Wildman–Crippen MR) is 43.9 cm³/mol. The first-order chi connectivity index (χ1) is 5.90. The van der Waals surface area contributed by atoms with Crippen molar-refractivity contribution in [2.45, 2.75) is 18.9 Å². The van der Waals surface area contributed by atoms with Gasteiger partial charge in [0, 0.05) is 13.2 Å². The minimum Gasteiger partial charge on any atom is -0.396 e. The molecular formula is C9H16O3. The summed E-state index contributed by atoms with van der Waals surface area (Å²) in [6.45, 7) is 2.75. The van der Waals surface area contributed by atoms with E-state index in [1.54, 1.807) is 0 Å². The van der Waals surface area contributed by atoms with E-state index in [2.05, 4.69) is 0 Å². The van der Waals surface area contributed by atoms with Crippen LogP contribution in [0.25, 0.3) is 0 Å². The highest BCUT2D eigenvalue weighted by molar-refractivity contribution is 4.80. The first-order valence-corrected chi connectivity index (χ1v) is 4.70. The summed E-state index contributed by atoms with van der Waals surface area (Å²) in [4.78, 5) is 0. The SMILES string of the molecule is OCC1CCC1COCC1CO1. The van der Waals surface area contributed by atoms with Crippen molar-refractivity contribution >= 4 is 0 Å². The van der Waals surface area contributed by atoms with Crippen LogP contribution in [0.1, 0.15) is 12.8 Å². The van der Waals surface area contributed by atoms with E-state index >= 15 is 0 Å². The van der Waals surface area contributed by atoms with Crippen LogP contribution in [0.4, 0.5) is 0 Å². The van der Waals surface area contributed by atoms with E-state index in [1.807, 2.05) is 0 Å². The summed E-state index contributed by atoms with van der Waals surface area (Å²) in [7, 11) is 0. The second-order valence-corrected chi connectivity index (χ2v) is 3.77.